The summed E-state index contributed by atoms with van der Waals surface area (Å²) in [5, 5.41) is 3.26. The van der Waals surface area contributed by atoms with Crippen molar-refractivity contribution in [1.29, 1.82) is 0 Å². The van der Waals surface area contributed by atoms with Crippen molar-refractivity contribution >= 4 is 5.97 Å². The summed E-state index contributed by atoms with van der Waals surface area (Å²) in [6, 6.07) is -0.460. The summed E-state index contributed by atoms with van der Waals surface area (Å²) in [6.45, 7) is 6.50. The van der Waals surface area contributed by atoms with Crippen molar-refractivity contribution in [2.75, 3.05) is 6.54 Å². The number of nitrogens with two attached hydrogens (primary N) is 1. The van der Waals surface area contributed by atoms with Crippen molar-refractivity contribution in [3.8, 4) is 0 Å². The van der Waals surface area contributed by atoms with E-state index in [9.17, 15) is 4.79 Å². The Morgan fingerprint density at radius 3 is 2.60 bits per heavy atom. The summed E-state index contributed by atoms with van der Waals surface area (Å²) in [5.74, 6) is -0.304. The molecular weight excluding hydrogens is 192 g/mol. The van der Waals surface area contributed by atoms with Crippen LogP contribution in [0.1, 0.15) is 40.0 Å². The lowest BCUT2D eigenvalue weighted by Gasteiger charge is -2.29. The smallest absolute Gasteiger partial charge is 0.325 e. The first-order valence-electron chi connectivity index (χ1n) is 5.62. The zero-order valence-electron chi connectivity index (χ0n) is 9.88. The molecule has 3 N–H and O–H groups in total. The average Bonchev–Trinajstić information content (AvgIpc) is 2.15. The van der Waals surface area contributed by atoms with Crippen LogP contribution < -0.4 is 11.1 Å². The van der Waals surface area contributed by atoms with Crippen LogP contribution in [0.5, 0.6) is 0 Å². The molecule has 0 aromatic carbocycles. The number of nitrogens with one attached hydrogen (secondary N) is 1. The highest BCUT2D eigenvalue weighted by Crippen LogP contribution is 2.13. The van der Waals surface area contributed by atoms with Crippen LogP contribution in [0.2, 0.25) is 0 Å². The second-order valence-corrected chi connectivity index (χ2v) is 5.12. The van der Waals surface area contributed by atoms with Crippen molar-refractivity contribution in [3.05, 3.63) is 0 Å². The molecular formula is C11H22N2O2. The predicted molar refractivity (Wildman–Crippen MR) is 59.5 cm³/mol. The molecule has 15 heavy (non-hydrogen) atoms. The van der Waals surface area contributed by atoms with Gasteiger partial charge in [-0.3, -0.25) is 4.79 Å². The summed E-state index contributed by atoms with van der Waals surface area (Å²) in [4.78, 5) is 11.7. The van der Waals surface area contributed by atoms with E-state index in [-0.39, 0.29) is 12.0 Å². The van der Waals surface area contributed by atoms with Gasteiger partial charge in [0.15, 0.2) is 0 Å². The Kier molecular flexibility index (Phi) is 4.11. The summed E-state index contributed by atoms with van der Waals surface area (Å²) in [6.07, 6.45) is 3.26. The minimum Gasteiger partial charge on any atom is -0.459 e. The Bertz CT molecular complexity index is 217. The molecule has 0 bridgehead atoms. The Labute approximate surface area is 91.5 Å². The molecule has 4 heteroatoms. The summed E-state index contributed by atoms with van der Waals surface area (Å²) in [5.41, 5.74) is 5.41. The molecule has 2 atom stereocenters. The number of ether oxygens (including phenoxy) is 1. The molecule has 0 spiro atoms. The normalized spacial score (nSPS) is 24.7. The molecule has 1 aliphatic heterocycles. The lowest BCUT2D eigenvalue weighted by Crippen LogP contribution is -2.53. The van der Waals surface area contributed by atoms with Gasteiger partial charge in [-0.25, -0.2) is 0 Å². The molecule has 88 valence electrons. The number of hydrogen-bond donors (Lipinski definition) is 2. The van der Waals surface area contributed by atoms with Crippen LogP contribution in [-0.4, -0.2) is 30.2 Å². The fourth-order valence-corrected chi connectivity index (χ4v) is 1.72. The highest BCUT2D eigenvalue weighted by Gasteiger charge is 2.29. The molecule has 1 rings (SSSR count). The van der Waals surface area contributed by atoms with E-state index in [0.29, 0.717) is 0 Å². The van der Waals surface area contributed by atoms with Gasteiger partial charge in [0.05, 0.1) is 0 Å². The first-order chi connectivity index (χ1) is 6.90. The van der Waals surface area contributed by atoms with E-state index in [2.05, 4.69) is 5.32 Å². The van der Waals surface area contributed by atoms with Crippen LogP contribution in [-0.2, 0) is 9.53 Å². The van der Waals surface area contributed by atoms with E-state index in [4.69, 9.17) is 10.5 Å². The van der Waals surface area contributed by atoms with Crippen molar-refractivity contribution in [3.63, 3.8) is 0 Å². The third-order valence-electron chi connectivity index (χ3n) is 2.46. The topological polar surface area (TPSA) is 64.3 Å². The van der Waals surface area contributed by atoms with E-state index in [1.165, 1.54) is 0 Å². The second kappa shape index (κ2) is 4.94. The zero-order chi connectivity index (χ0) is 11.5. The first kappa shape index (κ1) is 12.5. The molecule has 0 aromatic heterocycles. The van der Waals surface area contributed by atoms with Gasteiger partial charge in [0.2, 0.25) is 0 Å². The maximum atomic E-state index is 11.7. The van der Waals surface area contributed by atoms with Gasteiger partial charge in [-0.2, -0.15) is 0 Å². The molecule has 0 saturated carbocycles. The fourth-order valence-electron chi connectivity index (χ4n) is 1.72. The minimum absolute atomic E-state index is 0.0774. The standard InChI is InChI=1S/C11H22N2O2/c1-11(2,3)15-10(14)9(12)8-6-4-5-7-13-8/h8-9,13H,4-7,12H2,1-3H3/t8-,9+/m0/s1. The first-order valence-corrected chi connectivity index (χ1v) is 5.62. The van der Waals surface area contributed by atoms with Gasteiger partial charge >= 0.3 is 5.97 Å². The number of esters is 1. The third kappa shape index (κ3) is 4.18. The fraction of sp³-hybridized carbons (Fsp3) is 0.909. The molecule has 1 saturated heterocycles. The molecule has 1 fully saturated rings. The van der Waals surface area contributed by atoms with Gasteiger partial charge in [0.1, 0.15) is 11.6 Å². The van der Waals surface area contributed by atoms with Crippen LogP contribution in [0.3, 0.4) is 0 Å². The minimum atomic E-state index is -0.537. The SMILES string of the molecule is CC(C)(C)OC(=O)[C@H](N)[C@@H]1CCCCN1. The predicted octanol–water partition coefficient (Wildman–Crippen LogP) is 0.797. The molecule has 0 aliphatic carbocycles. The van der Waals surface area contributed by atoms with Gasteiger partial charge in [-0.15, -0.1) is 0 Å². The number of hydrogen-bond acceptors (Lipinski definition) is 4. The summed E-state index contributed by atoms with van der Waals surface area (Å²) in [7, 11) is 0. The number of rotatable bonds is 2. The number of piperidine rings is 1. The molecule has 0 amide bonds. The lowest BCUT2D eigenvalue weighted by atomic mass is 9.98. The van der Waals surface area contributed by atoms with E-state index < -0.39 is 11.6 Å². The highest BCUT2D eigenvalue weighted by molar-refractivity contribution is 5.76. The van der Waals surface area contributed by atoms with E-state index >= 15 is 0 Å². The van der Waals surface area contributed by atoms with Gasteiger partial charge in [0.25, 0.3) is 0 Å². The molecule has 1 heterocycles. The van der Waals surface area contributed by atoms with Gasteiger partial charge in [0, 0.05) is 6.04 Å². The van der Waals surface area contributed by atoms with Crippen LogP contribution in [0.4, 0.5) is 0 Å². The Morgan fingerprint density at radius 2 is 2.13 bits per heavy atom. The third-order valence-corrected chi connectivity index (χ3v) is 2.46. The summed E-state index contributed by atoms with van der Waals surface area (Å²) >= 11 is 0. The molecule has 1 aliphatic rings. The van der Waals surface area contributed by atoms with E-state index in [1.54, 1.807) is 0 Å². The Morgan fingerprint density at radius 1 is 1.47 bits per heavy atom. The Balaban J connectivity index is 2.44. The van der Waals surface area contributed by atoms with Crippen LogP contribution in [0.25, 0.3) is 0 Å². The van der Waals surface area contributed by atoms with E-state index in [0.717, 1.165) is 25.8 Å². The number of carbonyl (C=O) groups is 1. The van der Waals surface area contributed by atoms with Crippen molar-refractivity contribution in [2.24, 2.45) is 5.73 Å². The molecule has 0 unspecified atom stereocenters. The van der Waals surface area contributed by atoms with Gasteiger partial charge in [-0.1, -0.05) is 6.42 Å². The van der Waals surface area contributed by atoms with Gasteiger partial charge in [-0.05, 0) is 40.2 Å². The van der Waals surface area contributed by atoms with Crippen molar-refractivity contribution < 1.29 is 9.53 Å². The number of carbonyl (C=O) groups excluding carboxylic acids is 1. The largest absolute Gasteiger partial charge is 0.459 e. The molecule has 0 aromatic rings. The lowest BCUT2D eigenvalue weighted by molar-refractivity contribution is -0.157. The van der Waals surface area contributed by atoms with Crippen molar-refractivity contribution in [1.82, 2.24) is 5.32 Å². The van der Waals surface area contributed by atoms with Crippen LogP contribution in [0, 0.1) is 0 Å². The maximum absolute atomic E-state index is 11.7. The molecule has 4 nitrogen and oxygen atoms in total. The van der Waals surface area contributed by atoms with Gasteiger partial charge < -0.3 is 15.8 Å². The second-order valence-electron chi connectivity index (χ2n) is 5.12. The monoisotopic (exact) mass is 214 g/mol. The van der Waals surface area contributed by atoms with E-state index in [1.807, 2.05) is 20.8 Å². The van der Waals surface area contributed by atoms with Crippen LogP contribution in [0.15, 0.2) is 0 Å². The quantitative estimate of drug-likeness (QED) is 0.667. The summed E-state index contributed by atoms with van der Waals surface area (Å²) < 4.78 is 5.25. The average molecular weight is 214 g/mol. The zero-order valence-corrected chi connectivity index (χ0v) is 9.88. The molecule has 0 radical (unpaired) electrons. The highest BCUT2D eigenvalue weighted by atomic mass is 16.6. The van der Waals surface area contributed by atoms with Crippen molar-refractivity contribution in [2.45, 2.75) is 57.7 Å². The Hall–Kier alpha value is -0.610. The van der Waals surface area contributed by atoms with Crippen LogP contribution >= 0.6 is 0 Å². The maximum Gasteiger partial charge on any atom is 0.325 e.